The van der Waals surface area contributed by atoms with Gasteiger partial charge in [0.15, 0.2) is 0 Å². The number of hydrogen-bond acceptors (Lipinski definition) is 4. The molecule has 0 aliphatic heterocycles. The van der Waals surface area contributed by atoms with E-state index in [1.807, 2.05) is 0 Å². The summed E-state index contributed by atoms with van der Waals surface area (Å²) in [5.41, 5.74) is -0.353. The van der Waals surface area contributed by atoms with Crippen LogP contribution >= 0.6 is 11.8 Å². The van der Waals surface area contributed by atoms with Gasteiger partial charge in [0.05, 0.1) is 11.0 Å². The Bertz CT molecular complexity index is 478. The molecule has 1 aromatic carbocycles. The number of aliphatic carboxylic acids is 1. The number of nitrogens with zero attached hydrogens (tertiary/aromatic N) is 1. The summed E-state index contributed by atoms with van der Waals surface area (Å²) in [6.07, 6.45) is 0. The Morgan fingerprint density at radius 3 is 2.50 bits per heavy atom. The summed E-state index contributed by atoms with van der Waals surface area (Å²) in [5.74, 6) is -1.99. The molecule has 0 saturated heterocycles. The highest BCUT2D eigenvalue weighted by Gasteiger charge is 2.24. The average molecular weight is 273 g/mol. The third-order valence-corrected chi connectivity index (χ3v) is 3.81. The van der Waals surface area contributed by atoms with Crippen LogP contribution in [0.5, 0.6) is 0 Å². The Kier molecular flexibility index (Phi) is 4.66. The lowest BCUT2D eigenvalue weighted by molar-refractivity contribution is -0.385. The zero-order valence-electron chi connectivity index (χ0n) is 9.79. The van der Waals surface area contributed by atoms with Crippen molar-refractivity contribution in [2.75, 3.05) is 0 Å². The molecule has 0 aliphatic rings. The molecule has 0 fully saturated rings. The van der Waals surface area contributed by atoms with Crippen molar-refractivity contribution in [3.63, 3.8) is 0 Å². The maximum absolute atomic E-state index is 13.6. The first kappa shape index (κ1) is 14.4. The minimum absolute atomic E-state index is 0.0988. The lowest BCUT2D eigenvalue weighted by Crippen LogP contribution is -2.22. The third-order valence-electron chi connectivity index (χ3n) is 2.23. The number of rotatable bonds is 5. The first-order valence-corrected chi connectivity index (χ1v) is 6.04. The van der Waals surface area contributed by atoms with Crippen molar-refractivity contribution in [1.82, 2.24) is 0 Å². The number of non-ortho nitro benzene ring substituents is 1. The number of thioether (sulfide) groups is 1. The van der Waals surface area contributed by atoms with Crippen LogP contribution in [0.1, 0.15) is 13.8 Å². The van der Waals surface area contributed by atoms with E-state index in [1.165, 1.54) is 6.07 Å². The standard InChI is InChI=1S/C11H12FNO4S/c1-6(2)10(11(14)15)18-9-4-3-7(13(16)17)5-8(9)12/h3-6,10H,1-2H3,(H,14,15). The molecule has 0 saturated carbocycles. The van der Waals surface area contributed by atoms with E-state index in [1.54, 1.807) is 13.8 Å². The Balaban J connectivity index is 2.97. The van der Waals surface area contributed by atoms with E-state index >= 15 is 0 Å². The van der Waals surface area contributed by atoms with Crippen LogP contribution in [0, 0.1) is 21.8 Å². The maximum Gasteiger partial charge on any atom is 0.317 e. The summed E-state index contributed by atoms with van der Waals surface area (Å²) in [4.78, 5) is 20.8. The van der Waals surface area contributed by atoms with Crippen molar-refractivity contribution in [1.29, 1.82) is 0 Å². The fourth-order valence-electron chi connectivity index (χ4n) is 1.31. The molecular weight excluding hydrogens is 261 g/mol. The number of nitro groups is 1. The molecule has 98 valence electrons. The molecule has 1 rings (SSSR count). The monoisotopic (exact) mass is 273 g/mol. The van der Waals surface area contributed by atoms with Gasteiger partial charge in [-0.3, -0.25) is 14.9 Å². The van der Waals surface area contributed by atoms with Crippen molar-refractivity contribution >= 4 is 23.4 Å². The van der Waals surface area contributed by atoms with Crippen LogP contribution in [-0.4, -0.2) is 21.2 Å². The van der Waals surface area contributed by atoms with Crippen LogP contribution in [0.25, 0.3) is 0 Å². The summed E-state index contributed by atoms with van der Waals surface area (Å²) in [5, 5.41) is 18.6. The number of benzene rings is 1. The van der Waals surface area contributed by atoms with Gasteiger partial charge in [-0.1, -0.05) is 13.8 Å². The van der Waals surface area contributed by atoms with Gasteiger partial charge in [-0.25, -0.2) is 4.39 Å². The highest BCUT2D eigenvalue weighted by atomic mass is 32.2. The SMILES string of the molecule is CC(C)C(Sc1ccc([N+](=O)[O-])cc1F)C(=O)O. The molecule has 0 amide bonds. The quantitative estimate of drug-likeness (QED) is 0.507. The van der Waals surface area contributed by atoms with Crippen LogP contribution in [0.15, 0.2) is 23.1 Å². The Hall–Kier alpha value is -1.63. The van der Waals surface area contributed by atoms with E-state index in [2.05, 4.69) is 0 Å². The van der Waals surface area contributed by atoms with Crippen molar-refractivity contribution < 1.29 is 19.2 Å². The topological polar surface area (TPSA) is 80.4 Å². The van der Waals surface area contributed by atoms with Crippen LogP contribution in [0.2, 0.25) is 0 Å². The molecule has 0 bridgehead atoms. The molecular formula is C11H12FNO4S. The second kappa shape index (κ2) is 5.81. The number of hydrogen-bond donors (Lipinski definition) is 1. The third kappa shape index (κ3) is 3.43. The van der Waals surface area contributed by atoms with Crippen molar-refractivity contribution in [3.05, 3.63) is 34.1 Å². The fourth-order valence-corrected chi connectivity index (χ4v) is 2.27. The van der Waals surface area contributed by atoms with Gasteiger partial charge in [0, 0.05) is 11.0 Å². The van der Waals surface area contributed by atoms with Crippen molar-refractivity contribution in [2.24, 2.45) is 5.92 Å². The first-order valence-electron chi connectivity index (χ1n) is 5.16. The summed E-state index contributed by atoms with van der Waals surface area (Å²) < 4.78 is 13.6. The molecule has 18 heavy (non-hydrogen) atoms. The van der Waals surface area contributed by atoms with E-state index < -0.39 is 22.0 Å². The van der Waals surface area contributed by atoms with E-state index in [4.69, 9.17) is 5.11 Å². The van der Waals surface area contributed by atoms with E-state index in [0.29, 0.717) is 0 Å². The predicted octanol–water partition coefficient (Wildman–Crippen LogP) is 2.94. The minimum atomic E-state index is -1.03. The Morgan fingerprint density at radius 2 is 2.11 bits per heavy atom. The number of carbonyl (C=O) groups is 1. The van der Waals surface area contributed by atoms with E-state index in [9.17, 15) is 19.3 Å². The summed E-state index contributed by atoms with van der Waals surface area (Å²) in [7, 11) is 0. The van der Waals surface area contributed by atoms with Crippen LogP contribution in [0.3, 0.4) is 0 Å². The number of carboxylic acid groups (broad SMARTS) is 1. The van der Waals surface area contributed by atoms with Crippen molar-refractivity contribution in [2.45, 2.75) is 24.0 Å². The molecule has 0 heterocycles. The minimum Gasteiger partial charge on any atom is -0.480 e. The van der Waals surface area contributed by atoms with Gasteiger partial charge >= 0.3 is 5.97 Å². The van der Waals surface area contributed by atoms with Gasteiger partial charge < -0.3 is 5.11 Å². The highest BCUT2D eigenvalue weighted by Crippen LogP contribution is 2.32. The average Bonchev–Trinajstić information content (AvgIpc) is 2.25. The normalized spacial score (nSPS) is 12.4. The largest absolute Gasteiger partial charge is 0.480 e. The van der Waals surface area contributed by atoms with Crippen LogP contribution in [-0.2, 0) is 4.79 Å². The lowest BCUT2D eigenvalue weighted by atomic mass is 10.1. The van der Waals surface area contributed by atoms with Gasteiger partial charge in [-0.15, -0.1) is 11.8 Å². The smallest absolute Gasteiger partial charge is 0.317 e. The second-order valence-electron chi connectivity index (χ2n) is 3.99. The summed E-state index contributed by atoms with van der Waals surface area (Å²) >= 11 is 0.855. The molecule has 5 nitrogen and oxygen atoms in total. The second-order valence-corrected chi connectivity index (χ2v) is 5.18. The van der Waals surface area contributed by atoms with Crippen LogP contribution < -0.4 is 0 Å². The highest BCUT2D eigenvalue weighted by molar-refractivity contribution is 8.00. The molecule has 0 aromatic heterocycles. The first-order chi connectivity index (χ1) is 8.32. The van der Waals surface area contributed by atoms with Gasteiger partial charge in [0.1, 0.15) is 11.1 Å². The molecule has 1 N–H and O–H groups in total. The number of carboxylic acids is 1. The molecule has 1 unspecified atom stereocenters. The van der Waals surface area contributed by atoms with Gasteiger partial charge in [-0.2, -0.15) is 0 Å². The zero-order chi connectivity index (χ0) is 13.9. The molecule has 1 atom stereocenters. The predicted molar refractivity (Wildman–Crippen MR) is 65.2 cm³/mol. The molecule has 1 aromatic rings. The van der Waals surface area contributed by atoms with E-state index in [0.717, 1.165) is 23.9 Å². The van der Waals surface area contributed by atoms with Gasteiger partial charge in [0.25, 0.3) is 5.69 Å². The van der Waals surface area contributed by atoms with Crippen molar-refractivity contribution in [3.8, 4) is 0 Å². The Morgan fingerprint density at radius 1 is 1.50 bits per heavy atom. The summed E-state index contributed by atoms with van der Waals surface area (Å²) in [6.45, 7) is 3.43. The van der Waals surface area contributed by atoms with Crippen LogP contribution in [0.4, 0.5) is 10.1 Å². The summed E-state index contributed by atoms with van der Waals surface area (Å²) in [6, 6.07) is 3.18. The Labute approximate surface area is 107 Å². The molecule has 0 radical (unpaired) electrons. The van der Waals surface area contributed by atoms with Gasteiger partial charge in [-0.05, 0) is 12.0 Å². The maximum atomic E-state index is 13.6. The number of halogens is 1. The van der Waals surface area contributed by atoms with E-state index in [-0.39, 0.29) is 16.5 Å². The lowest BCUT2D eigenvalue weighted by Gasteiger charge is -2.15. The number of nitro benzene ring substituents is 1. The molecule has 7 heteroatoms. The molecule has 0 spiro atoms. The zero-order valence-corrected chi connectivity index (χ0v) is 10.6. The fraction of sp³-hybridized carbons (Fsp3) is 0.364. The molecule has 0 aliphatic carbocycles. The van der Waals surface area contributed by atoms with Gasteiger partial charge in [0.2, 0.25) is 0 Å².